The molecule has 4 aromatic heterocycles. The van der Waals surface area contributed by atoms with Gasteiger partial charge in [0.05, 0.1) is 28.8 Å². The third kappa shape index (κ3) is 10.2. The van der Waals surface area contributed by atoms with Gasteiger partial charge < -0.3 is 25.0 Å². The van der Waals surface area contributed by atoms with Crippen LogP contribution in [0.1, 0.15) is 39.5 Å². The van der Waals surface area contributed by atoms with Crippen LogP contribution in [0.5, 0.6) is 0 Å². The van der Waals surface area contributed by atoms with Gasteiger partial charge in [0.25, 0.3) is 5.56 Å². The lowest BCUT2D eigenvalue weighted by Crippen LogP contribution is -2.34. The Morgan fingerprint density at radius 3 is 1.73 bits per heavy atom. The maximum atomic E-state index is 14.2. The number of nitrogens with one attached hydrogen (secondary N) is 2. The summed E-state index contributed by atoms with van der Waals surface area (Å²) in [6.07, 6.45) is 5.48. The van der Waals surface area contributed by atoms with Crippen molar-refractivity contribution >= 4 is 39.4 Å². The van der Waals surface area contributed by atoms with Gasteiger partial charge in [0.1, 0.15) is 49.1 Å². The van der Waals surface area contributed by atoms with Crippen molar-refractivity contribution in [2.45, 2.75) is 33.2 Å². The van der Waals surface area contributed by atoms with Gasteiger partial charge in [0, 0.05) is 54.8 Å². The zero-order chi connectivity index (χ0) is 44.3. The predicted molar refractivity (Wildman–Crippen MR) is 224 cm³/mol. The molecule has 8 aromatic rings. The number of ether oxygens (including phenoxy) is 1. The Kier molecular flexibility index (Phi) is 13.6. The number of aromatic nitrogens is 6. The number of esters is 1. The van der Waals surface area contributed by atoms with E-state index in [2.05, 4.69) is 30.6 Å². The molecule has 18 heteroatoms. The Balaban J connectivity index is 0.000000191. The van der Waals surface area contributed by atoms with E-state index in [0.29, 0.717) is 11.1 Å². The second kappa shape index (κ2) is 19.9. The summed E-state index contributed by atoms with van der Waals surface area (Å²) in [6.45, 7) is 1.77. The van der Waals surface area contributed by atoms with Crippen LogP contribution in [0.4, 0.5) is 28.9 Å². The normalized spacial score (nSPS) is 10.8. The Morgan fingerprint density at radius 1 is 0.651 bits per heavy atom. The fourth-order valence-electron chi connectivity index (χ4n) is 6.24. The number of fused-ring (bicyclic) bond motifs is 2. The Hall–Kier alpha value is -8.15. The number of rotatable bonds is 14. The summed E-state index contributed by atoms with van der Waals surface area (Å²) in [6, 6.07) is 26.4. The minimum Gasteiger partial charge on any atom is -0.462 e. The second-order valence-corrected chi connectivity index (χ2v) is 13.5. The summed E-state index contributed by atoms with van der Waals surface area (Å²) in [5.41, 5.74) is 1.37. The molecule has 0 saturated carbocycles. The molecule has 0 spiro atoms. The van der Waals surface area contributed by atoms with Crippen molar-refractivity contribution in [3.05, 3.63) is 200 Å². The largest absolute Gasteiger partial charge is 0.462 e. The molecule has 4 aromatic carbocycles. The molecule has 0 aliphatic carbocycles. The van der Waals surface area contributed by atoms with Crippen LogP contribution in [0.25, 0.3) is 22.1 Å². The molecule has 0 unspecified atom stereocenters. The summed E-state index contributed by atoms with van der Waals surface area (Å²) >= 11 is 0. The van der Waals surface area contributed by atoms with Crippen LogP contribution < -0.4 is 31.4 Å². The molecule has 0 radical (unpaired) electrons. The first-order valence-electron chi connectivity index (χ1n) is 19.2. The molecule has 0 aliphatic heterocycles. The topological polar surface area (TPSA) is 164 Å². The molecule has 0 bridgehead atoms. The van der Waals surface area contributed by atoms with Gasteiger partial charge in [-0.15, -0.1) is 9.46 Å². The number of nitrogens with zero attached hydrogens (tertiary/aromatic N) is 6. The van der Waals surface area contributed by atoms with Crippen molar-refractivity contribution in [2.24, 2.45) is 0 Å². The smallest absolute Gasteiger partial charge is 0.346 e. The maximum Gasteiger partial charge on any atom is 0.346 e. The molecule has 320 valence electrons. The number of benzene rings is 4. The van der Waals surface area contributed by atoms with Gasteiger partial charge in [-0.2, -0.15) is 0 Å². The summed E-state index contributed by atoms with van der Waals surface area (Å²) in [5, 5.41) is 6.71. The summed E-state index contributed by atoms with van der Waals surface area (Å²) < 4.78 is 61.5. The molecule has 14 nitrogen and oxygen atoms in total. The van der Waals surface area contributed by atoms with E-state index in [1.165, 1.54) is 49.3 Å². The van der Waals surface area contributed by atoms with Gasteiger partial charge in [-0.3, -0.25) is 9.59 Å². The van der Waals surface area contributed by atoms with E-state index < -0.39 is 40.4 Å². The van der Waals surface area contributed by atoms with Gasteiger partial charge in [-0.1, -0.05) is 72.8 Å². The van der Waals surface area contributed by atoms with Crippen molar-refractivity contribution in [1.29, 1.82) is 0 Å². The second-order valence-electron chi connectivity index (χ2n) is 13.5. The van der Waals surface area contributed by atoms with E-state index in [1.54, 1.807) is 6.92 Å². The number of carbonyl (C=O) groups excluding carboxylic acids is 1. The molecule has 0 amide bonds. The van der Waals surface area contributed by atoms with Crippen LogP contribution in [0.15, 0.2) is 138 Å². The van der Waals surface area contributed by atoms with Crippen LogP contribution in [-0.2, 0) is 31.0 Å². The van der Waals surface area contributed by atoms with Gasteiger partial charge in [0.2, 0.25) is 0 Å². The van der Waals surface area contributed by atoms with Crippen LogP contribution in [0, 0.1) is 23.3 Å². The van der Waals surface area contributed by atoms with E-state index in [9.17, 15) is 31.9 Å². The third-order valence-corrected chi connectivity index (χ3v) is 9.28. The highest BCUT2D eigenvalue weighted by atomic mass is 19.1. The highest BCUT2D eigenvalue weighted by molar-refractivity contribution is 6.04. The number of carbonyl (C=O) groups is 1. The summed E-state index contributed by atoms with van der Waals surface area (Å²) in [5.74, 6) is -3.70. The minimum absolute atomic E-state index is 0.0263. The maximum absolute atomic E-state index is 14.2. The summed E-state index contributed by atoms with van der Waals surface area (Å²) in [4.78, 5) is 66.5. The molecule has 4 heterocycles. The number of anilines is 2. The van der Waals surface area contributed by atoms with E-state index in [-0.39, 0.29) is 72.0 Å². The average molecular weight is 861 g/mol. The fraction of sp³-hybridized carbons (Fsp3) is 0.133. The van der Waals surface area contributed by atoms with E-state index >= 15 is 0 Å². The Bertz CT molecular complexity index is 3010. The molecular formula is C45H36F4N8O6. The first-order valence-corrected chi connectivity index (χ1v) is 19.2. The van der Waals surface area contributed by atoms with Crippen molar-refractivity contribution in [3.63, 3.8) is 0 Å². The highest BCUT2D eigenvalue weighted by Gasteiger charge is 2.26. The van der Waals surface area contributed by atoms with Crippen LogP contribution in [0.3, 0.4) is 0 Å². The van der Waals surface area contributed by atoms with Gasteiger partial charge >= 0.3 is 11.5 Å². The lowest BCUT2D eigenvalue weighted by Gasteiger charge is -2.17. The van der Waals surface area contributed by atoms with Crippen molar-refractivity contribution in [3.8, 4) is 0 Å². The fourth-order valence-corrected chi connectivity index (χ4v) is 6.24. The number of hydrogen-bond acceptors (Lipinski definition) is 12. The number of hydrogen-bond donors (Lipinski definition) is 2. The monoisotopic (exact) mass is 860 g/mol. The molecular weight excluding hydrogens is 825 g/mol. The predicted octanol–water partition coefficient (Wildman–Crippen LogP) is 6.80. The summed E-state index contributed by atoms with van der Waals surface area (Å²) in [7, 11) is 0. The molecule has 0 atom stereocenters. The van der Waals surface area contributed by atoms with Crippen LogP contribution in [-0.4, -0.2) is 42.0 Å². The zero-order valence-corrected chi connectivity index (χ0v) is 33.3. The molecule has 0 aliphatic rings. The van der Waals surface area contributed by atoms with Gasteiger partial charge in [-0.05, 0) is 30.2 Å². The molecule has 8 rings (SSSR count). The number of pyridine rings is 2. The van der Waals surface area contributed by atoms with E-state index in [4.69, 9.17) is 14.4 Å². The van der Waals surface area contributed by atoms with Gasteiger partial charge in [-0.25, -0.2) is 42.3 Å². The first kappa shape index (κ1) is 43.0. The zero-order valence-electron chi connectivity index (χ0n) is 33.3. The van der Waals surface area contributed by atoms with Crippen molar-refractivity contribution in [1.82, 2.24) is 29.4 Å². The molecule has 63 heavy (non-hydrogen) atoms. The van der Waals surface area contributed by atoms with Crippen molar-refractivity contribution in [2.75, 3.05) is 17.2 Å². The van der Waals surface area contributed by atoms with E-state index in [0.717, 1.165) is 38.8 Å². The Labute approximate surface area is 355 Å². The molecule has 2 N–H and O–H groups in total. The lowest BCUT2D eigenvalue weighted by molar-refractivity contribution is 0.0513. The quantitative estimate of drug-likeness (QED) is 0.0870. The van der Waals surface area contributed by atoms with E-state index in [1.807, 2.05) is 60.7 Å². The number of halogens is 4. The minimum atomic E-state index is -0.891. The first-order chi connectivity index (χ1) is 30.6. The lowest BCUT2D eigenvalue weighted by atomic mass is 10.1. The standard InChI is InChI=1S/C24H20F2N4O4.C21H16F2N4O2/c1-2-33-24(32)20-21(28-11-16-8-9-17(25)10-19(16)26)18-12-27-14-29-22(18)30(23(20)31)34-13-15-6-4-3-5-7-15;22-16-7-6-15(18(23)8-16)10-25-19-9-20(28)27(21-17(19)11-24-13-26-21)29-12-14-4-2-1-3-5-14/h3-10,12,14,28H,2,11,13H2,1H3;1-9,11,13,25H,10,12H2. The SMILES string of the molecule is CCOC(=O)c1c(NCc2ccc(F)cc2F)c2cncnc2n(OCc2ccccc2)c1=O.O=c1cc(NCc2ccc(F)cc2F)c2cncnc2n1OCc1ccccc1. The van der Waals surface area contributed by atoms with Crippen LogP contribution in [0.2, 0.25) is 0 Å². The highest BCUT2D eigenvalue weighted by Crippen LogP contribution is 2.26. The average Bonchev–Trinajstić information content (AvgIpc) is 3.29. The Morgan fingerprint density at radius 2 is 1.17 bits per heavy atom. The van der Waals surface area contributed by atoms with Gasteiger partial charge in [0.15, 0.2) is 16.9 Å². The third-order valence-electron chi connectivity index (χ3n) is 9.28. The molecule has 0 saturated heterocycles. The van der Waals surface area contributed by atoms with Crippen LogP contribution >= 0.6 is 0 Å². The van der Waals surface area contributed by atoms with Crippen molar-refractivity contribution < 1.29 is 36.8 Å². The molecule has 0 fully saturated rings.